The van der Waals surface area contributed by atoms with Crippen LogP contribution in [-0.4, -0.2) is 9.26 Å². The van der Waals surface area contributed by atoms with Crippen LogP contribution in [0.25, 0.3) is 0 Å². The fraction of sp³-hybridized carbons (Fsp3) is 0.333. The van der Waals surface area contributed by atoms with Gasteiger partial charge in [0.25, 0.3) is 0 Å². The van der Waals surface area contributed by atoms with Crippen LogP contribution in [0.1, 0.15) is 6.42 Å². The standard InChI is InChI=1S/C6H4Cl2FNO2/c7-6(8)2-1-5(10(11)12)4(9)3-6/h1,3H,2H2. The van der Waals surface area contributed by atoms with E-state index in [-0.39, 0.29) is 6.42 Å². The zero-order valence-electron chi connectivity index (χ0n) is 5.76. The summed E-state index contributed by atoms with van der Waals surface area (Å²) >= 11 is 11.0. The summed E-state index contributed by atoms with van der Waals surface area (Å²) in [4.78, 5) is 9.34. The molecule has 0 fully saturated rings. The van der Waals surface area contributed by atoms with E-state index >= 15 is 0 Å². The maximum Gasteiger partial charge on any atom is 0.300 e. The minimum absolute atomic E-state index is 0.0415. The van der Waals surface area contributed by atoms with Crippen LogP contribution in [0, 0.1) is 10.1 Å². The number of halogens is 3. The molecule has 0 heterocycles. The van der Waals surface area contributed by atoms with Crippen molar-refractivity contribution in [2.24, 2.45) is 0 Å². The van der Waals surface area contributed by atoms with Crippen LogP contribution in [0.15, 0.2) is 23.7 Å². The summed E-state index contributed by atoms with van der Waals surface area (Å²) in [6.45, 7) is 0. The molecule has 6 heteroatoms. The third kappa shape index (κ3) is 1.95. The van der Waals surface area contributed by atoms with Crippen molar-refractivity contribution in [1.29, 1.82) is 0 Å². The van der Waals surface area contributed by atoms with Crippen LogP contribution in [0.2, 0.25) is 0 Å². The monoisotopic (exact) mass is 211 g/mol. The van der Waals surface area contributed by atoms with Gasteiger partial charge in [-0.15, -0.1) is 0 Å². The fourth-order valence-electron chi connectivity index (χ4n) is 0.810. The Morgan fingerprint density at radius 2 is 2.25 bits per heavy atom. The van der Waals surface area contributed by atoms with Gasteiger partial charge in [-0.2, -0.15) is 4.39 Å². The summed E-state index contributed by atoms with van der Waals surface area (Å²) in [6, 6.07) is 0. The highest BCUT2D eigenvalue weighted by atomic mass is 35.5. The number of alkyl halides is 2. The molecule has 0 unspecified atom stereocenters. The van der Waals surface area contributed by atoms with E-state index in [2.05, 4.69) is 0 Å². The molecular formula is C6H4Cl2FNO2. The second kappa shape index (κ2) is 3.03. The summed E-state index contributed by atoms with van der Waals surface area (Å²) in [7, 11) is 0. The predicted octanol–water partition coefficient (Wildman–Crippen LogP) is 2.58. The minimum atomic E-state index is -1.36. The van der Waals surface area contributed by atoms with Gasteiger partial charge in [-0.05, 0) is 6.08 Å². The molecule has 1 aliphatic carbocycles. The molecule has 1 rings (SSSR count). The van der Waals surface area contributed by atoms with Crippen molar-refractivity contribution in [2.75, 3.05) is 0 Å². The molecule has 12 heavy (non-hydrogen) atoms. The van der Waals surface area contributed by atoms with E-state index in [1.165, 1.54) is 0 Å². The lowest BCUT2D eigenvalue weighted by atomic mass is 10.1. The third-order valence-corrected chi connectivity index (χ3v) is 1.87. The normalized spacial score (nSPS) is 21.2. The number of rotatable bonds is 1. The van der Waals surface area contributed by atoms with Gasteiger partial charge >= 0.3 is 5.70 Å². The Hall–Kier alpha value is -0.610. The molecule has 0 bridgehead atoms. The molecule has 0 radical (unpaired) electrons. The van der Waals surface area contributed by atoms with E-state index in [1.807, 2.05) is 0 Å². The first kappa shape index (κ1) is 9.48. The zero-order valence-corrected chi connectivity index (χ0v) is 7.27. The van der Waals surface area contributed by atoms with Crippen molar-refractivity contribution >= 4 is 23.2 Å². The molecule has 0 aromatic rings. The van der Waals surface area contributed by atoms with Crippen molar-refractivity contribution in [3.05, 3.63) is 33.8 Å². The summed E-state index contributed by atoms with van der Waals surface area (Å²) < 4.78 is 11.4. The van der Waals surface area contributed by atoms with Crippen LogP contribution in [0.3, 0.4) is 0 Å². The van der Waals surface area contributed by atoms with Crippen LogP contribution in [-0.2, 0) is 0 Å². The number of hydrogen-bond donors (Lipinski definition) is 0. The van der Waals surface area contributed by atoms with Gasteiger partial charge in [0, 0.05) is 12.5 Å². The highest BCUT2D eigenvalue weighted by Crippen LogP contribution is 2.35. The van der Waals surface area contributed by atoms with Crippen LogP contribution >= 0.6 is 23.2 Å². The molecule has 0 aromatic heterocycles. The van der Waals surface area contributed by atoms with Gasteiger partial charge in [-0.1, -0.05) is 23.2 Å². The van der Waals surface area contributed by atoms with E-state index in [0.29, 0.717) is 0 Å². The smallest absolute Gasteiger partial charge is 0.258 e. The maximum absolute atomic E-state index is 12.8. The third-order valence-electron chi connectivity index (χ3n) is 1.35. The number of allylic oxidation sites excluding steroid dienone is 3. The van der Waals surface area contributed by atoms with Gasteiger partial charge in [-0.25, -0.2) is 0 Å². The lowest BCUT2D eigenvalue weighted by molar-refractivity contribution is -0.423. The molecule has 0 aromatic carbocycles. The van der Waals surface area contributed by atoms with Gasteiger partial charge in [0.2, 0.25) is 0 Å². The first-order valence-corrected chi connectivity index (χ1v) is 3.79. The fourth-order valence-corrected chi connectivity index (χ4v) is 1.16. The number of hydrogen-bond acceptors (Lipinski definition) is 2. The molecule has 0 saturated heterocycles. The quantitative estimate of drug-likeness (QED) is 0.380. The van der Waals surface area contributed by atoms with Crippen molar-refractivity contribution in [1.82, 2.24) is 0 Å². The second-order valence-corrected chi connectivity index (χ2v) is 3.85. The molecule has 1 aliphatic rings. The van der Waals surface area contributed by atoms with E-state index in [0.717, 1.165) is 12.2 Å². The Kier molecular flexibility index (Phi) is 2.39. The molecule has 0 N–H and O–H groups in total. The van der Waals surface area contributed by atoms with Crippen LogP contribution in [0.5, 0.6) is 0 Å². The highest BCUT2D eigenvalue weighted by Gasteiger charge is 2.31. The van der Waals surface area contributed by atoms with Crippen molar-refractivity contribution in [2.45, 2.75) is 10.8 Å². The Morgan fingerprint density at radius 1 is 1.67 bits per heavy atom. The topological polar surface area (TPSA) is 43.1 Å². The Balaban J connectivity index is 2.94. The average molecular weight is 212 g/mol. The predicted molar refractivity (Wildman–Crippen MR) is 43.3 cm³/mol. The van der Waals surface area contributed by atoms with Crippen LogP contribution < -0.4 is 0 Å². The van der Waals surface area contributed by atoms with Gasteiger partial charge in [-0.3, -0.25) is 10.1 Å². The summed E-state index contributed by atoms with van der Waals surface area (Å²) in [5.74, 6) is -0.990. The van der Waals surface area contributed by atoms with Gasteiger partial charge in [0.15, 0.2) is 5.83 Å². The molecular weight excluding hydrogens is 208 g/mol. The lowest BCUT2D eigenvalue weighted by Crippen LogP contribution is -2.15. The minimum Gasteiger partial charge on any atom is -0.258 e. The molecule has 3 nitrogen and oxygen atoms in total. The Labute approximate surface area is 77.6 Å². The molecule has 0 atom stereocenters. The largest absolute Gasteiger partial charge is 0.300 e. The summed E-state index contributed by atoms with van der Waals surface area (Å²) in [6.07, 6.45) is 1.93. The van der Waals surface area contributed by atoms with E-state index in [9.17, 15) is 14.5 Å². The summed E-state index contributed by atoms with van der Waals surface area (Å²) in [5.41, 5.74) is -0.577. The molecule has 0 spiro atoms. The van der Waals surface area contributed by atoms with Crippen molar-refractivity contribution < 1.29 is 9.31 Å². The average Bonchev–Trinajstić information content (AvgIpc) is 1.83. The van der Waals surface area contributed by atoms with Gasteiger partial charge < -0.3 is 0 Å². The maximum atomic E-state index is 12.8. The molecule has 0 saturated carbocycles. The van der Waals surface area contributed by atoms with Crippen molar-refractivity contribution in [3.8, 4) is 0 Å². The number of nitro groups is 1. The Bertz CT molecular complexity index is 285. The molecule has 66 valence electrons. The molecule has 0 amide bonds. The SMILES string of the molecule is O=[N+]([O-])C1=CCC(Cl)(Cl)C=C1F. The van der Waals surface area contributed by atoms with Gasteiger partial charge in [0.1, 0.15) is 4.33 Å². The van der Waals surface area contributed by atoms with E-state index in [4.69, 9.17) is 23.2 Å². The first-order valence-electron chi connectivity index (χ1n) is 3.03. The van der Waals surface area contributed by atoms with Gasteiger partial charge in [0.05, 0.1) is 4.92 Å². The second-order valence-electron chi connectivity index (χ2n) is 2.30. The molecule has 0 aliphatic heterocycles. The van der Waals surface area contributed by atoms with Crippen LogP contribution in [0.4, 0.5) is 4.39 Å². The number of nitrogens with zero attached hydrogens (tertiary/aromatic N) is 1. The first-order chi connectivity index (χ1) is 5.42. The summed E-state index contributed by atoms with van der Waals surface area (Å²) in [5, 5.41) is 10.1. The van der Waals surface area contributed by atoms with E-state index in [1.54, 1.807) is 0 Å². The zero-order chi connectivity index (χ0) is 9.35. The lowest BCUT2D eigenvalue weighted by Gasteiger charge is -2.15. The Morgan fingerprint density at radius 3 is 2.67 bits per heavy atom. The van der Waals surface area contributed by atoms with E-state index < -0.39 is 20.8 Å². The van der Waals surface area contributed by atoms with Crippen molar-refractivity contribution in [3.63, 3.8) is 0 Å². The highest BCUT2D eigenvalue weighted by molar-refractivity contribution is 6.50.